The summed E-state index contributed by atoms with van der Waals surface area (Å²) in [5.74, 6) is 0.941. The molecule has 0 bridgehead atoms. The third-order valence-corrected chi connectivity index (χ3v) is 5.27. The van der Waals surface area contributed by atoms with E-state index in [1.54, 1.807) is 0 Å². The molecule has 1 saturated carbocycles. The van der Waals surface area contributed by atoms with Gasteiger partial charge in [-0.05, 0) is 55.5 Å². The van der Waals surface area contributed by atoms with Crippen molar-refractivity contribution in [1.29, 1.82) is 0 Å². The van der Waals surface area contributed by atoms with E-state index in [2.05, 4.69) is 40.2 Å². The molecule has 25 heavy (non-hydrogen) atoms. The van der Waals surface area contributed by atoms with Crippen molar-refractivity contribution in [2.24, 2.45) is 5.73 Å². The first-order valence-electron chi connectivity index (χ1n) is 8.91. The molecule has 0 amide bonds. The largest absolute Gasteiger partial charge is 0.353 e. The lowest BCUT2D eigenvalue weighted by Crippen LogP contribution is -2.33. The second-order valence-electron chi connectivity index (χ2n) is 6.89. The maximum atomic E-state index is 6.04. The fourth-order valence-corrected chi connectivity index (χ4v) is 3.69. The fraction of sp³-hybridized carbons (Fsp3) is 0.350. The highest BCUT2D eigenvalue weighted by molar-refractivity contribution is 6.30. The third kappa shape index (κ3) is 3.65. The summed E-state index contributed by atoms with van der Waals surface area (Å²) in [4.78, 5) is 4.83. The smallest absolute Gasteiger partial charge is 0.204 e. The molecule has 3 aromatic rings. The second kappa shape index (κ2) is 7.06. The van der Waals surface area contributed by atoms with Gasteiger partial charge in [0.05, 0.1) is 17.6 Å². The van der Waals surface area contributed by atoms with Crippen LogP contribution in [0, 0.1) is 0 Å². The van der Waals surface area contributed by atoms with Crippen LogP contribution >= 0.6 is 11.6 Å². The molecule has 5 heteroatoms. The van der Waals surface area contributed by atoms with Crippen molar-refractivity contribution in [3.8, 4) is 0 Å². The van der Waals surface area contributed by atoms with Gasteiger partial charge in [0.15, 0.2) is 0 Å². The minimum Gasteiger partial charge on any atom is -0.353 e. The summed E-state index contributed by atoms with van der Waals surface area (Å²) in [5.41, 5.74) is 9.41. The van der Waals surface area contributed by atoms with Crippen LogP contribution in [0.2, 0.25) is 5.02 Å². The lowest BCUT2D eigenvalue weighted by atomic mass is 9.92. The Kier molecular flexibility index (Phi) is 4.64. The molecule has 1 heterocycles. The van der Waals surface area contributed by atoms with E-state index in [-0.39, 0.29) is 0 Å². The molecule has 0 aliphatic heterocycles. The number of nitrogens with zero attached hydrogens (tertiary/aromatic N) is 2. The van der Waals surface area contributed by atoms with Crippen molar-refractivity contribution in [2.45, 2.75) is 44.3 Å². The number of halogens is 1. The zero-order valence-corrected chi connectivity index (χ0v) is 14.9. The average molecular weight is 355 g/mol. The van der Waals surface area contributed by atoms with Gasteiger partial charge in [0, 0.05) is 17.1 Å². The lowest BCUT2D eigenvalue weighted by molar-refractivity contribution is 0.409. The Balaban J connectivity index is 1.64. The molecule has 1 aromatic heterocycles. The van der Waals surface area contributed by atoms with Crippen LogP contribution < -0.4 is 11.1 Å². The second-order valence-corrected chi connectivity index (χ2v) is 7.33. The van der Waals surface area contributed by atoms with Crippen molar-refractivity contribution in [2.75, 3.05) is 5.32 Å². The number of benzene rings is 2. The third-order valence-electron chi connectivity index (χ3n) is 5.01. The summed E-state index contributed by atoms with van der Waals surface area (Å²) in [6, 6.07) is 17.1. The minimum atomic E-state index is 0.353. The van der Waals surface area contributed by atoms with Crippen LogP contribution in [0.1, 0.15) is 31.2 Å². The topological polar surface area (TPSA) is 55.9 Å². The number of nitrogens with one attached hydrogen (secondary N) is 1. The maximum Gasteiger partial charge on any atom is 0.204 e. The Hall–Kier alpha value is -2.04. The summed E-state index contributed by atoms with van der Waals surface area (Å²) in [7, 11) is 0. The van der Waals surface area contributed by atoms with E-state index in [0.29, 0.717) is 12.1 Å². The van der Waals surface area contributed by atoms with Gasteiger partial charge in [-0.15, -0.1) is 0 Å². The van der Waals surface area contributed by atoms with Crippen molar-refractivity contribution in [3.63, 3.8) is 0 Å². The molecular formula is C20H23ClN4. The maximum absolute atomic E-state index is 6.04. The summed E-state index contributed by atoms with van der Waals surface area (Å²) < 4.78 is 2.26. The van der Waals surface area contributed by atoms with Crippen LogP contribution in [-0.4, -0.2) is 21.6 Å². The predicted molar refractivity (Wildman–Crippen MR) is 104 cm³/mol. The molecule has 2 aromatic carbocycles. The quantitative estimate of drug-likeness (QED) is 0.729. The number of hydrogen-bond donors (Lipinski definition) is 2. The standard InChI is InChI=1S/C20H23ClN4/c21-15-7-5-14(6-8-15)13-25-19-4-2-1-3-18(19)24-20(25)23-17-11-9-16(22)10-12-17/h1-8,16-17H,9-13,22H2,(H,23,24). The Labute approximate surface area is 153 Å². The minimum absolute atomic E-state index is 0.353. The molecule has 0 saturated heterocycles. The van der Waals surface area contributed by atoms with E-state index in [0.717, 1.165) is 54.2 Å². The molecule has 130 valence electrons. The summed E-state index contributed by atoms with van der Waals surface area (Å²) >= 11 is 6.02. The van der Waals surface area contributed by atoms with Gasteiger partial charge in [0.25, 0.3) is 0 Å². The first kappa shape index (κ1) is 16.4. The molecule has 1 fully saturated rings. The van der Waals surface area contributed by atoms with Crippen LogP contribution in [0.4, 0.5) is 5.95 Å². The molecule has 0 radical (unpaired) electrons. The SMILES string of the molecule is NC1CCC(Nc2nc3ccccc3n2Cc2ccc(Cl)cc2)CC1. The van der Waals surface area contributed by atoms with Gasteiger partial charge in [0.1, 0.15) is 0 Å². The zero-order chi connectivity index (χ0) is 17.2. The predicted octanol–water partition coefficient (Wildman–Crippen LogP) is 4.42. The first-order chi connectivity index (χ1) is 12.2. The van der Waals surface area contributed by atoms with E-state index in [4.69, 9.17) is 22.3 Å². The molecule has 0 spiro atoms. The van der Waals surface area contributed by atoms with Crippen molar-refractivity contribution in [1.82, 2.24) is 9.55 Å². The summed E-state index contributed by atoms with van der Waals surface area (Å²) in [5, 5.41) is 4.42. The number of imidazole rings is 1. The van der Waals surface area contributed by atoms with Crippen molar-refractivity contribution in [3.05, 3.63) is 59.1 Å². The Morgan fingerprint density at radius 3 is 2.52 bits per heavy atom. The van der Waals surface area contributed by atoms with E-state index >= 15 is 0 Å². The Morgan fingerprint density at radius 1 is 1.04 bits per heavy atom. The Morgan fingerprint density at radius 2 is 1.76 bits per heavy atom. The van der Waals surface area contributed by atoms with Crippen LogP contribution in [0.3, 0.4) is 0 Å². The molecule has 4 rings (SSSR count). The molecule has 0 unspecified atom stereocenters. The van der Waals surface area contributed by atoms with E-state index < -0.39 is 0 Å². The van der Waals surface area contributed by atoms with Gasteiger partial charge >= 0.3 is 0 Å². The highest BCUT2D eigenvalue weighted by atomic mass is 35.5. The first-order valence-corrected chi connectivity index (χ1v) is 9.28. The number of hydrogen-bond acceptors (Lipinski definition) is 3. The van der Waals surface area contributed by atoms with Gasteiger partial charge in [0.2, 0.25) is 5.95 Å². The monoisotopic (exact) mass is 354 g/mol. The fourth-order valence-electron chi connectivity index (χ4n) is 3.56. The van der Waals surface area contributed by atoms with E-state index in [9.17, 15) is 0 Å². The molecule has 1 aliphatic carbocycles. The van der Waals surface area contributed by atoms with Gasteiger partial charge in [-0.3, -0.25) is 0 Å². The van der Waals surface area contributed by atoms with Crippen LogP contribution in [0.5, 0.6) is 0 Å². The number of rotatable bonds is 4. The average Bonchev–Trinajstić information content (AvgIpc) is 2.96. The zero-order valence-electron chi connectivity index (χ0n) is 14.2. The molecule has 3 N–H and O–H groups in total. The highest BCUT2D eigenvalue weighted by Crippen LogP contribution is 2.25. The lowest BCUT2D eigenvalue weighted by Gasteiger charge is -2.27. The van der Waals surface area contributed by atoms with E-state index in [1.807, 2.05) is 18.2 Å². The number of anilines is 1. The molecule has 0 atom stereocenters. The number of aromatic nitrogens is 2. The van der Waals surface area contributed by atoms with Crippen LogP contribution in [-0.2, 0) is 6.54 Å². The van der Waals surface area contributed by atoms with Crippen LogP contribution in [0.25, 0.3) is 11.0 Å². The summed E-state index contributed by atoms with van der Waals surface area (Å²) in [6.07, 6.45) is 4.36. The number of fused-ring (bicyclic) bond motifs is 1. The molecular weight excluding hydrogens is 332 g/mol. The van der Waals surface area contributed by atoms with E-state index in [1.165, 1.54) is 5.56 Å². The number of nitrogens with two attached hydrogens (primary N) is 1. The number of para-hydroxylation sites is 2. The van der Waals surface area contributed by atoms with Gasteiger partial charge in [-0.1, -0.05) is 35.9 Å². The summed E-state index contributed by atoms with van der Waals surface area (Å²) in [6.45, 7) is 0.770. The molecule has 4 nitrogen and oxygen atoms in total. The molecule has 1 aliphatic rings. The van der Waals surface area contributed by atoms with Gasteiger partial charge in [-0.25, -0.2) is 4.98 Å². The van der Waals surface area contributed by atoms with Gasteiger partial charge < -0.3 is 15.6 Å². The highest BCUT2D eigenvalue weighted by Gasteiger charge is 2.20. The van der Waals surface area contributed by atoms with Crippen molar-refractivity contribution < 1.29 is 0 Å². The Bertz CT molecular complexity index is 848. The van der Waals surface area contributed by atoms with Crippen molar-refractivity contribution >= 4 is 28.6 Å². The van der Waals surface area contributed by atoms with Crippen LogP contribution in [0.15, 0.2) is 48.5 Å². The van der Waals surface area contributed by atoms with Gasteiger partial charge in [-0.2, -0.15) is 0 Å². The normalized spacial score (nSPS) is 20.7.